The van der Waals surface area contributed by atoms with E-state index < -0.39 is 0 Å². The molecular weight excluding hydrogens is 260 g/mol. The molecule has 0 aliphatic heterocycles. The molecule has 0 spiro atoms. The Balaban J connectivity index is 1.63. The molecule has 0 fully saturated rings. The second kappa shape index (κ2) is 7.13. The van der Waals surface area contributed by atoms with Crippen LogP contribution in [0.4, 0.5) is 0 Å². The van der Waals surface area contributed by atoms with Crippen LogP contribution < -0.4 is 10.6 Å². The van der Waals surface area contributed by atoms with E-state index in [4.69, 9.17) is 12.2 Å². The van der Waals surface area contributed by atoms with Gasteiger partial charge in [0.25, 0.3) is 0 Å². The minimum absolute atomic E-state index is 0.722. The van der Waals surface area contributed by atoms with Gasteiger partial charge in [-0.2, -0.15) is 0 Å². The highest BCUT2D eigenvalue weighted by Gasteiger charge is 1.97. The fourth-order valence-electron chi connectivity index (χ4n) is 1.61. The SMILES string of the molecule is S=C(NCCc1ccccc1)NCc1cccs1. The Kier molecular flexibility index (Phi) is 5.17. The van der Waals surface area contributed by atoms with Crippen LogP contribution in [-0.2, 0) is 13.0 Å². The molecule has 2 N–H and O–H groups in total. The number of rotatable bonds is 5. The quantitative estimate of drug-likeness (QED) is 0.821. The van der Waals surface area contributed by atoms with Gasteiger partial charge >= 0.3 is 0 Å². The van der Waals surface area contributed by atoms with Crippen molar-refractivity contribution < 1.29 is 0 Å². The van der Waals surface area contributed by atoms with Crippen LogP contribution in [0.25, 0.3) is 0 Å². The molecule has 0 saturated carbocycles. The molecule has 0 unspecified atom stereocenters. The third kappa shape index (κ3) is 4.47. The molecule has 1 aromatic heterocycles. The van der Waals surface area contributed by atoms with E-state index in [1.807, 2.05) is 12.1 Å². The Bertz CT molecular complexity index is 466. The molecule has 2 nitrogen and oxygen atoms in total. The van der Waals surface area contributed by atoms with Gasteiger partial charge in [-0.3, -0.25) is 0 Å². The van der Waals surface area contributed by atoms with Crippen LogP contribution >= 0.6 is 23.6 Å². The smallest absolute Gasteiger partial charge is 0.166 e. The van der Waals surface area contributed by atoms with Crippen molar-refractivity contribution in [3.8, 4) is 0 Å². The van der Waals surface area contributed by atoms with Crippen LogP contribution in [0, 0.1) is 0 Å². The van der Waals surface area contributed by atoms with Gasteiger partial charge in [0.2, 0.25) is 0 Å². The van der Waals surface area contributed by atoms with Crippen molar-refractivity contribution in [1.82, 2.24) is 10.6 Å². The number of thiocarbonyl (C=S) groups is 1. The van der Waals surface area contributed by atoms with E-state index >= 15 is 0 Å². The average molecular weight is 276 g/mol. The summed E-state index contributed by atoms with van der Waals surface area (Å²) < 4.78 is 0. The zero-order valence-corrected chi connectivity index (χ0v) is 11.7. The third-order valence-corrected chi connectivity index (χ3v) is 3.71. The van der Waals surface area contributed by atoms with Crippen LogP contribution in [0.5, 0.6) is 0 Å². The molecule has 0 saturated heterocycles. The first-order valence-electron chi connectivity index (χ1n) is 5.92. The van der Waals surface area contributed by atoms with Crippen molar-refractivity contribution in [3.05, 3.63) is 58.3 Å². The Morgan fingerprint density at radius 3 is 2.61 bits per heavy atom. The molecule has 0 aliphatic rings. The molecule has 0 bridgehead atoms. The van der Waals surface area contributed by atoms with E-state index in [2.05, 4.69) is 46.3 Å². The van der Waals surface area contributed by atoms with Gasteiger partial charge in [-0.25, -0.2) is 0 Å². The molecule has 2 aromatic rings. The lowest BCUT2D eigenvalue weighted by molar-refractivity contribution is 0.819. The number of thiophene rings is 1. The van der Waals surface area contributed by atoms with Gasteiger partial charge in [0.15, 0.2) is 5.11 Å². The van der Waals surface area contributed by atoms with Gasteiger partial charge < -0.3 is 10.6 Å². The van der Waals surface area contributed by atoms with Crippen LogP contribution in [0.2, 0.25) is 0 Å². The largest absolute Gasteiger partial charge is 0.362 e. The summed E-state index contributed by atoms with van der Waals surface area (Å²) in [7, 11) is 0. The molecule has 2 rings (SSSR count). The normalized spacial score (nSPS) is 10.0. The highest BCUT2D eigenvalue weighted by atomic mass is 32.1. The maximum absolute atomic E-state index is 5.22. The van der Waals surface area contributed by atoms with E-state index in [0.29, 0.717) is 0 Å². The molecule has 0 atom stereocenters. The van der Waals surface area contributed by atoms with Gasteiger partial charge in [-0.1, -0.05) is 36.4 Å². The summed E-state index contributed by atoms with van der Waals surface area (Å²) in [5.74, 6) is 0. The molecule has 4 heteroatoms. The Morgan fingerprint density at radius 1 is 1.06 bits per heavy atom. The van der Waals surface area contributed by atoms with Crippen LogP contribution in [0.1, 0.15) is 10.4 Å². The molecule has 1 heterocycles. The average Bonchev–Trinajstić information content (AvgIpc) is 2.91. The highest BCUT2D eigenvalue weighted by Crippen LogP contribution is 2.07. The van der Waals surface area contributed by atoms with Gasteiger partial charge in [0, 0.05) is 11.4 Å². The topological polar surface area (TPSA) is 24.1 Å². The fourth-order valence-corrected chi connectivity index (χ4v) is 2.43. The predicted octanol–water partition coefficient (Wildman–Crippen LogP) is 2.95. The molecule has 94 valence electrons. The standard InChI is InChI=1S/C14H16N2S2/c17-14(16-11-13-7-4-10-18-13)15-9-8-12-5-2-1-3-6-12/h1-7,10H,8-9,11H2,(H2,15,16,17). The second-order valence-corrected chi connectivity index (χ2v) is 5.36. The minimum Gasteiger partial charge on any atom is -0.362 e. The van der Waals surface area contributed by atoms with Crippen molar-refractivity contribution in [2.75, 3.05) is 6.54 Å². The molecule has 0 amide bonds. The Hall–Kier alpha value is -1.39. The number of hydrogen-bond acceptors (Lipinski definition) is 2. The van der Waals surface area contributed by atoms with Gasteiger partial charge in [-0.05, 0) is 35.6 Å². The molecule has 0 radical (unpaired) electrons. The summed E-state index contributed by atoms with van der Waals surface area (Å²) in [4.78, 5) is 1.29. The summed E-state index contributed by atoms with van der Waals surface area (Å²) in [6.45, 7) is 1.66. The van der Waals surface area contributed by atoms with Crippen molar-refractivity contribution in [2.24, 2.45) is 0 Å². The zero-order valence-electron chi connectivity index (χ0n) is 10.1. The zero-order chi connectivity index (χ0) is 12.6. The molecular formula is C14H16N2S2. The second-order valence-electron chi connectivity index (χ2n) is 3.92. The minimum atomic E-state index is 0.722. The van der Waals surface area contributed by atoms with Crippen LogP contribution in [0.15, 0.2) is 47.8 Å². The highest BCUT2D eigenvalue weighted by molar-refractivity contribution is 7.80. The Morgan fingerprint density at radius 2 is 1.89 bits per heavy atom. The molecule has 0 aliphatic carbocycles. The summed E-state index contributed by atoms with van der Waals surface area (Å²) >= 11 is 6.96. The predicted molar refractivity (Wildman–Crippen MR) is 81.9 cm³/mol. The maximum atomic E-state index is 5.22. The van der Waals surface area contributed by atoms with E-state index in [1.165, 1.54) is 10.4 Å². The third-order valence-electron chi connectivity index (χ3n) is 2.55. The van der Waals surface area contributed by atoms with E-state index in [0.717, 1.165) is 24.6 Å². The van der Waals surface area contributed by atoms with Gasteiger partial charge in [0.05, 0.1) is 6.54 Å². The number of benzene rings is 1. The van der Waals surface area contributed by atoms with Crippen molar-refractivity contribution in [2.45, 2.75) is 13.0 Å². The lowest BCUT2D eigenvalue weighted by atomic mass is 10.1. The molecule has 18 heavy (non-hydrogen) atoms. The van der Waals surface area contributed by atoms with E-state index in [1.54, 1.807) is 11.3 Å². The van der Waals surface area contributed by atoms with Gasteiger partial charge in [-0.15, -0.1) is 11.3 Å². The van der Waals surface area contributed by atoms with Crippen molar-refractivity contribution >= 4 is 28.7 Å². The first-order chi connectivity index (χ1) is 8.84. The monoisotopic (exact) mass is 276 g/mol. The summed E-state index contributed by atoms with van der Waals surface area (Å²) in [6.07, 6.45) is 0.988. The van der Waals surface area contributed by atoms with E-state index in [-0.39, 0.29) is 0 Å². The van der Waals surface area contributed by atoms with Crippen LogP contribution in [0.3, 0.4) is 0 Å². The summed E-state index contributed by atoms with van der Waals surface area (Å²) in [6, 6.07) is 14.6. The van der Waals surface area contributed by atoms with E-state index in [9.17, 15) is 0 Å². The summed E-state index contributed by atoms with van der Waals surface area (Å²) in [5, 5.41) is 9.21. The number of hydrogen-bond donors (Lipinski definition) is 2. The first kappa shape index (κ1) is 13.1. The van der Waals surface area contributed by atoms with Crippen molar-refractivity contribution in [3.63, 3.8) is 0 Å². The Labute approximate surface area is 117 Å². The fraction of sp³-hybridized carbons (Fsp3) is 0.214. The lowest BCUT2D eigenvalue weighted by Gasteiger charge is -2.09. The molecule has 1 aromatic carbocycles. The summed E-state index contributed by atoms with van der Waals surface area (Å²) in [5.41, 5.74) is 1.33. The lowest BCUT2D eigenvalue weighted by Crippen LogP contribution is -2.35. The van der Waals surface area contributed by atoms with Crippen molar-refractivity contribution in [1.29, 1.82) is 0 Å². The maximum Gasteiger partial charge on any atom is 0.166 e. The first-order valence-corrected chi connectivity index (χ1v) is 7.21. The van der Waals surface area contributed by atoms with Crippen LogP contribution in [-0.4, -0.2) is 11.7 Å². The van der Waals surface area contributed by atoms with Gasteiger partial charge in [0.1, 0.15) is 0 Å². The number of nitrogens with one attached hydrogen (secondary N) is 2.